The van der Waals surface area contributed by atoms with E-state index in [0.29, 0.717) is 23.7 Å². The quantitative estimate of drug-likeness (QED) is 0.686. The average molecular weight is 290 g/mol. The number of aromatic nitrogens is 3. The lowest BCUT2D eigenvalue weighted by Crippen LogP contribution is -2.36. The summed E-state index contributed by atoms with van der Waals surface area (Å²) in [7, 11) is 0. The zero-order valence-electron chi connectivity index (χ0n) is 11.5. The Morgan fingerprint density at radius 1 is 1.52 bits per heavy atom. The summed E-state index contributed by atoms with van der Waals surface area (Å²) in [5.41, 5.74) is 0.376. The predicted octanol–water partition coefficient (Wildman–Crippen LogP) is -0.735. The first kappa shape index (κ1) is 14.1. The fourth-order valence-electron chi connectivity index (χ4n) is 2.72. The minimum Gasteiger partial charge on any atom is -0.391 e. The van der Waals surface area contributed by atoms with Gasteiger partial charge in [0.2, 0.25) is 0 Å². The maximum absolute atomic E-state index is 12.3. The summed E-state index contributed by atoms with van der Waals surface area (Å²) in [6.45, 7) is 0.906. The van der Waals surface area contributed by atoms with Gasteiger partial charge < -0.3 is 15.5 Å². The molecule has 0 spiro atoms. The molecule has 2 aromatic rings. The van der Waals surface area contributed by atoms with Crippen molar-refractivity contribution in [3.05, 3.63) is 35.1 Å². The molecular weight excluding hydrogens is 272 g/mol. The summed E-state index contributed by atoms with van der Waals surface area (Å²) in [5, 5.41) is 23.4. The molecule has 3 atom stereocenters. The summed E-state index contributed by atoms with van der Waals surface area (Å²) in [6, 6.07) is 1.56. The molecule has 112 valence electrons. The van der Waals surface area contributed by atoms with Gasteiger partial charge in [0, 0.05) is 18.4 Å². The predicted molar refractivity (Wildman–Crippen MR) is 76.8 cm³/mol. The van der Waals surface area contributed by atoms with Gasteiger partial charge >= 0.3 is 0 Å². The van der Waals surface area contributed by atoms with Crippen molar-refractivity contribution in [1.29, 1.82) is 0 Å². The molecule has 0 aliphatic carbocycles. The Bertz CT molecular complexity index is 687. The number of nitrogens with zero attached hydrogens (tertiary/aromatic N) is 3. The number of nitrogens with one attached hydrogen (secondary N) is 1. The Hall–Kier alpha value is -1.83. The van der Waals surface area contributed by atoms with Gasteiger partial charge in [0.15, 0.2) is 0 Å². The van der Waals surface area contributed by atoms with Crippen LogP contribution in [0.1, 0.15) is 12.8 Å². The number of aliphatic hydroxyl groups excluding tert-OH is 2. The van der Waals surface area contributed by atoms with Crippen LogP contribution in [0.25, 0.3) is 10.9 Å². The molecule has 0 amide bonds. The van der Waals surface area contributed by atoms with Gasteiger partial charge in [0.05, 0.1) is 36.0 Å². The lowest BCUT2D eigenvalue weighted by molar-refractivity contribution is 0.0926. The van der Waals surface area contributed by atoms with Gasteiger partial charge in [-0.05, 0) is 25.5 Å². The highest BCUT2D eigenvalue weighted by Crippen LogP contribution is 2.13. The van der Waals surface area contributed by atoms with E-state index < -0.39 is 12.2 Å². The first-order chi connectivity index (χ1) is 10.1. The molecule has 3 heterocycles. The molecule has 0 bridgehead atoms. The Morgan fingerprint density at radius 3 is 3.14 bits per heavy atom. The maximum Gasteiger partial charge on any atom is 0.262 e. The molecule has 0 radical (unpaired) electrons. The van der Waals surface area contributed by atoms with Crippen molar-refractivity contribution in [3.63, 3.8) is 0 Å². The molecule has 1 fully saturated rings. The third-order valence-corrected chi connectivity index (χ3v) is 3.87. The van der Waals surface area contributed by atoms with Crippen LogP contribution in [-0.4, -0.2) is 49.5 Å². The van der Waals surface area contributed by atoms with Crippen molar-refractivity contribution in [2.75, 3.05) is 6.54 Å². The molecule has 7 heteroatoms. The molecule has 1 aliphatic heterocycles. The van der Waals surface area contributed by atoms with Crippen LogP contribution in [0.15, 0.2) is 29.6 Å². The Kier molecular flexibility index (Phi) is 3.96. The second-order valence-electron chi connectivity index (χ2n) is 5.40. The molecular formula is C14H18N4O3. The number of fused-ring (bicyclic) bond motifs is 1. The Balaban J connectivity index is 1.75. The Morgan fingerprint density at radius 2 is 2.38 bits per heavy atom. The molecule has 1 saturated heterocycles. The molecule has 21 heavy (non-hydrogen) atoms. The van der Waals surface area contributed by atoms with Gasteiger partial charge in [-0.2, -0.15) is 0 Å². The van der Waals surface area contributed by atoms with Crippen LogP contribution in [0.4, 0.5) is 0 Å². The normalized spacial score (nSPS) is 23.5. The van der Waals surface area contributed by atoms with Gasteiger partial charge in [-0.1, -0.05) is 0 Å². The average Bonchev–Trinajstić information content (AvgIpc) is 2.87. The fourth-order valence-corrected chi connectivity index (χ4v) is 2.72. The van der Waals surface area contributed by atoms with Crippen LogP contribution in [0.5, 0.6) is 0 Å². The van der Waals surface area contributed by atoms with Gasteiger partial charge in [-0.3, -0.25) is 14.3 Å². The molecule has 0 saturated carbocycles. The van der Waals surface area contributed by atoms with E-state index >= 15 is 0 Å². The van der Waals surface area contributed by atoms with Crippen molar-refractivity contribution in [2.45, 2.75) is 37.6 Å². The van der Waals surface area contributed by atoms with Crippen molar-refractivity contribution in [2.24, 2.45) is 0 Å². The molecule has 2 aromatic heterocycles. The van der Waals surface area contributed by atoms with E-state index in [1.807, 2.05) is 0 Å². The van der Waals surface area contributed by atoms with E-state index in [1.165, 1.54) is 17.1 Å². The summed E-state index contributed by atoms with van der Waals surface area (Å²) in [5.74, 6) is 0. The molecule has 0 aromatic carbocycles. The molecule has 3 N–H and O–H groups in total. The number of pyridine rings is 1. The Labute approximate surface area is 121 Å². The highest BCUT2D eigenvalue weighted by atomic mass is 16.3. The SMILES string of the molecule is O=c1c2cnccc2ncn1C[C@@H](O)C[C@H]1NCC[C@@H]1O. The minimum atomic E-state index is -0.719. The first-order valence-corrected chi connectivity index (χ1v) is 7.04. The third-order valence-electron chi connectivity index (χ3n) is 3.87. The highest BCUT2D eigenvalue weighted by molar-refractivity contribution is 5.75. The fraction of sp³-hybridized carbons (Fsp3) is 0.500. The van der Waals surface area contributed by atoms with Gasteiger partial charge in [-0.25, -0.2) is 4.98 Å². The minimum absolute atomic E-state index is 0.120. The lowest BCUT2D eigenvalue weighted by atomic mass is 10.1. The van der Waals surface area contributed by atoms with E-state index in [4.69, 9.17) is 0 Å². The smallest absolute Gasteiger partial charge is 0.262 e. The van der Waals surface area contributed by atoms with E-state index in [9.17, 15) is 15.0 Å². The summed E-state index contributed by atoms with van der Waals surface area (Å²) < 4.78 is 1.38. The van der Waals surface area contributed by atoms with Crippen molar-refractivity contribution >= 4 is 10.9 Å². The third kappa shape index (κ3) is 2.94. The monoisotopic (exact) mass is 290 g/mol. The summed E-state index contributed by atoms with van der Waals surface area (Å²) in [4.78, 5) is 20.4. The first-order valence-electron chi connectivity index (χ1n) is 7.04. The number of hydrogen-bond donors (Lipinski definition) is 3. The molecule has 3 rings (SSSR count). The van der Waals surface area contributed by atoms with Gasteiger partial charge in [-0.15, -0.1) is 0 Å². The molecule has 1 aliphatic rings. The topological polar surface area (TPSA) is 100 Å². The summed E-state index contributed by atoms with van der Waals surface area (Å²) in [6.07, 6.45) is 4.45. The van der Waals surface area contributed by atoms with Crippen LogP contribution in [0.2, 0.25) is 0 Å². The van der Waals surface area contributed by atoms with Crippen molar-refractivity contribution < 1.29 is 10.2 Å². The number of rotatable bonds is 4. The standard InChI is InChI=1S/C14H18N4O3/c19-9(5-12-13(20)2-4-16-12)7-18-8-17-11-1-3-15-6-10(11)14(18)21/h1,3,6,8-9,12-13,16,19-20H,2,4-5,7H2/t9-,12+,13-/m0/s1. The second kappa shape index (κ2) is 5.88. The van der Waals surface area contributed by atoms with E-state index in [2.05, 4.69) is 15.3 Å². The molecule has 0 unspecified atom stereocenters. The van der Waals surface area contributed by atoms with Crippen LogP contribution >= 0.6 is 0 Å². The van der Waals surface area contributed by atoms with Crippen LogP contribution in [0.3, 0.4) is 0 Å². The van der Waals surface area contributed by atoms with Crippen molar-refractivity contribution in [3.8, 4) is 0 Å². The molecule has 7 nitrogen and oxygen atoms in total. The van der Waals surface area contributed by atoms with E-state index in [-0.39, 0.29) is 18.1 Å². The summed E-state index contributed by atoms with van der Waals surface area (Å²) >= 11 is 0. The van der Waals surface area contributed by atoms with E-state index in [0.717, 1.165) is 6.54 Å². The maximum atomic E-state index is 12.3. The largest absolute Gasteiger partial charge is 0.391 e. The van der Waals surface area contributed by atoms with Gasteiger partial charge in [0.1, 0.15) is 0 Å². The zero-order valence-corrected chi connectivity index (χ0v) is 11.5. The second-order valence-corrected chi connectivity index (χ2v) is 5.40. The van der Waals surface area contributed by atoms with Crippen molar-refractivity contribution in [1.82, 2.24) is 19.9 Å². The van der Waals surface area contributed by atoms with Crippen LogP contribution in [0, 0.1) is 0 Å². The van der Waals surface area contributed by atoms with E-state index in [1.54, 1.807) is 12.3 Å². The number of hydrogen-bond acceptors (Lipinski definition) is 6. The highest BCUT2D eigenvalue weighted by Gasteiger charge is 2.26. The lowest BCUT2D eigenvalue weighted by Gasteiger charge is -2.19. The van der Waals surface area contributed by atoms with Crippen LogP contribution < -0.4 is 10.9 Å². The zero-order chi connectivity index (χ0) is 14.8. The van der Waals surface area contributed by atoms with Crippen LogP contribution in [-0.2, 0) is 6.54 Å². The number of aliphatic hydroxyl groups is 2. The van der Waals surface area contributed by atoms with Gasteiger partial charge in [0.25, 0.3) is 5.56 Å².